The number of fused-ring (bicyclic) bond motifs is 1. The van der Waals surface area contributed by atoms with E-state index in [0.29, 0.717) is 17.0 Å². The number of amides is 1. The van der Waals surface area contributed by atoms with Crippen molar-refractivity contribution in [3.05, 3.63) is 82.8 Å². The fraction of sp³-hybridized carbons (Fsp3) is 0.0833. The van der Waals surface area contributed by atoms with E-state index in [0.717, 1.165) is 27.0 Å². The zero-order valence-corrected chi connectivity index (χ0v) is 18.1. The Bertz CT molecular complexity index is 1300. The summed E-state index contributed by atoms with van der Waals surface area (Å²) in [6.07, 6.45) is 0. The number of methoxy groups -OCH3 is 1. The Hall–Kier alpha value is -3.58. The average Bonchev–Trinajstić information content (AvgIpc) is 3.35. The number of nitrogens with one attached hydrogen (secondary N) is 1. The number of phenolic OH excluding ortho intramolecular Hbond substituents is 1. The van der Waals surface area contributed by atoms with E-state index in [-0.39, 0.29) is 11.7 Å². The summed E-state index contributed by atoms with van der Waals surface area (Å²) in [5.41, 5.74) is 4.40. The van der Waals surface area contributed by atoms with Gasteiger partial charge in [0.1, 0.15) is 11.5 Å². The predicted octanol–water partition coefficient (Wildman–Crippen LogP) is 5.24. The van der Waals surface area contributed by atoms with Crippen LogP contribution in [-0.2, 0) is 4.79 Å². The van der Waals surface area contributed by atoms with Gasteiger partial charge in [-0.05, 0) is 54.6 Å². The highest BCUT2D eigenvalue weighted by Gasteiger charge is 2.34. The van der Waals surface area contributed by atoms with E-state index in [1.54, 1.807) is 23.9 Å². The van der Waals surface area contributed by atoms with Crippen LogP contribution < -0.4 is 10.1 Å². The lowest BCUT2D eigenvalue weighted by Crippen LogP contribution is -2.21. The largest absolute Gasteiger partial charge is 0.507 e. The molecule has 0 spiro atoms. The number of carbonyl (C=O) groups is 1. The van der Waals surface area contributed by atoms with Gasteiger partial charge in [-0.25, -0.2) is 4.68 Å². The summed E-state index contributed by atoms with van der Waals surface area (Å²) in [5.74, 6) is 0.691. The molecule has 0 saturated carbocycles. The number of rotatable bonds is 4. The lowest BCUT2D eigenvalue weighted by molar-refractivity contribution is -0.117. The molecule has 3 aromatic carbocycles. The Morgan fingerprint density at radius 2 is 1.84 bits per heavy atom. The van der Waals surface area contributed by atoms with Crippen molar-refractivity contribution in [1.29, 1.82) is 0 Å². The number of para-hydroxylation sites is 1. The van der Waals surface area contributed by atoms with E-state index in [1.807, 2.05) is 60.7 Å². The lowest BCUT2D eigenvalue weighted by atomic mass is 10.1. The van der Waals surface area contributed by atoms with Gasteiger partial charge in [-0.1, -0.05) is 34.1 Å². The van der Waals surface area contributed by atoms with Crippen LogP contribution in [0.3, 0.4) is 0 Å². The molecule has 0 aliphatic carbocycles. The minimum absolute atomic E-state index is 0.109. The number of benzene rings is 3. The monoisotopic (exact) mass is 475 g/mol. The number of hydrogen-bond donors (Lipinski definition) is 2. The van der Waals surface area contributed by atoms with Crippen molar-refractivity contribution in [2.75, 3.05) is 12.4 Å². The predicted molar refractivity (Wildman–Crippen MR) is 122 cm³/mol. The fourth-order valence-electron chi connectivity index (χ4n) is 3.84. The van der Waals surface area contributed by atoms with Gasteiger partial charge in [0.25, 0.3) is 5.91 Å². The van der Waals surface area contributed by atoms with Gasteiger partial charge in [0.05, 0.1) is 18.5 Å². The minimum atomic E-state index is -0.642. The summed E-state index contributed by atoms with van der Waals surface area (Å²) in [5, 5.41) is 18.3. The van der Waals surface area contributed by atoms with Crippen LogP contribution in [0.1, 0.15) is 11.6 Å². The maximum Gasteiger partial charge on any atom is 0.253 e. The third-order valence-corrected chi connectivity index (χ3v) is 5.86. The molecule has 154 valence electrons. The molecule has 1 atom stereocenters. The second-order valence-corrected chi connectivity index (χ2v) is 8.14. The Kier molecular flexibility index (Phi) is 4.75. The number of halogens is 1. The number of aromatic nitrogens is 2. The number of ether oxygens (including phenoxy) is 1. The van der Waals surface area contributed by atoms with Crippen LogP contribution >= 0.6 is 15.9 Å². The molecular weight excluding hydrogens is 458 g/mol. The maximum absolute atomic E-state index is 12.9. The smallest absolute Gasteiger partial charge is 0.253 e. The van der Waals surface area contributed by atoms with Crippen LogP contribution in [0.4, 0.5) is 5.69 Å². The van der Waals surface area contributed by atoms with Gasteiger partial charge < -0.3 is 15.2 Å². The summed E-state index contributed by atoms with van der Waals surface area (Å²) in [7, 11) is 1.62. The molecule has 1 aliphatic heterocycles. The van der Waals surface area contributed by atoms with Crippen LogP contribution in [0, 0.1) is 0 Å². The summed E-state index contributed by atoms with van der Waals surface area (Å²) in [4.78, 5) is 12.9. The van der Waals surface area contributed by atoms with Crippen molar-refractivity contribution < 1.29 is 14.6 Å². The van der Waals surface area contributed by atoms with Crippen LogP contribution in [0.25, 0.3) is 22.5 Å². The highest BCUT2D eigenvalue weighted by Crippen LogP contribution is 2.40. The number of hydrogen-bond acceptors (Lipinski definition) is 4. The van der Waals surface area contributed by atoms with Gasteiger partial charge in [0.15, 0.2) is 6.04 Å². The van der Waals surface area contributed by atoms with E-state index in [4.69, 9.17) is 9.84 Å². The molecule has 0 saturated heterocycles. The van der Waals surface area contributed by atoms with Crippen LogP contribution in [-0.4, -0.2) is 27.9 Å². The van der Waals surface area contributed by atoms with Crippen molar-refractivity contribution >= 4 is 27.5 Å². The van der Waals surface area contributed by atoms with Crippen molar-refractivity contribution in [2.45, 2.75) is 6.04 Å². The van der Waals surface area contributed by atoms with Crippen LogP contribution in [0.15, 0.2) is 77.3 Å². The fourth-order valence-corrected chi connectivity index (χ4v) is 4.20. The van der Waals surface area contributed by atoms with Gasteiger partial charge in [-0.15, -0.1) is 0 Å². The number of anilines is 1. The minimum Gasteiger partial charge on any atom is -0.507 e. The van der Waals surface area contributed by atoms with Crippen molar-refractivity contribution in [1.82, 2.24) is 9.78 Å². The summed E-state index contributed by atoms with van der Waals surface area (Å²) in [6, 6.07) is 21.6. The molecule has 2 heterocycles. The van der Waals surface area contributed by atoms with Gasteiger partial charge >= 0.3 is 0 Å². The number of carbonyl (C=O) groups excluding carboxylic acids is 1. The van der Waals surface area contributed by atoms with E-state index < -0.39 is 6.04 Å². The third-order valence-electron chi connectivity index (χ3n) is 5.36. The summed E-state index contributed by atoms with van der Waals surface area (Å²) in [6.45, 7) is 0. The molecule has 1 unspecified atom stereocenters. The highest BCUT2D eigenvalue weighted by atomic mass is 79.9. The molecule has 6 nitrogen and oxygen atoms in total. The zero-order valence-electron chi connectivity index (χ0n) is 16.5. The van der Waals surface area contributed by atoms with E-state index >= 15 is 0 Å². The molecule has 2 N–H and O–H groups in total. The first-order valence-corrected chi connectivity index (χ1v) is 10.5. The van der Waals surface area contributed by atoms with E-state index in [1.165, 1.54) is 0 Å². The molecule has 5 rings (SSSR count). The second kappa shape index (κ2) is 7.59. The van der Waals surface area contributed by atoms with E-state index in [9.17, 15) is 9.90 Å². The van der Waals surface area contributed by atoms with Gasteiger partial charge in [0, 0.05) is 26.9 Å². The molecular formula is C24H18BrN3O3. The molecule has 0 fully saturated rings. The standard InChI is InChI=1S/C24H18BrN3O3/c1-31-16-9-6-14(7-10-16)20-13-21(18-12-15(25)8-11-22(18)29)28(27-20)23-17-4-2-3-5-19(17)26-24(23)30/h2-13,23,29H,1H3,(H,26,30). The van der Waals surface area contributed by atoms with Gasteiger partial charge in [0.2, 0.25) is 0 Å². The Labute approximate surface area is 187 Å². The molecule has 31 heavy (non-hydrogen) atoms. The maximum atomic E-state index is 12.9. The Morgan fingerprint density at radius 3 is 2.61 bits per heavy atom. The molecule has 0 bridgehead atoms. The molecule has 1 aliphatic rings. The van der Waals surface area contributed by atoms with Crippen molar-refractivity contribution in [3.63, 3.8) is 0 Å². The average molecular weight is 476 g/mol. The normalized spacial score (nSPS) is 14.9. The van der Waals surface area contributed by atoms with Gasteiger partial charge in [-0.2, -0.15) is 5.10 Å². The first kappa shape index (κ1) is 19.4. The lowest BCUT2D eigenvalue weighted by Gasteiger charge is -2.15. The molecule has 1 amide bonds. The number of phenols is 1. The SMILES string of the molecule is COc1ccc(-c2cc(-c3cc(Br)ccc3O)n(C3C(=O)Nc4ccccc43)n2)cc1. The quantitative estimate of drug-likeness (QED) is 0.423. The highest BCUT2D eigenvalue weighted by molar-refractivity contribution is 9.10. The van der Waals surface area contributed by atoms with E-state index in [2.05, 4.69) is 21.2 Å². The number of nitrogens with zero attached hydrogens (tertiary/aromatic N) is 2. The third kappa shape index (κ3) is 3.37. The summed E-state index contributed by atoms with van der Waals surface area (Å²) >= 11 is 3.47. The number of aromatic hydroxyl groups is 1. The zero-order chi connectivity index (χ0) is 21.5. The first-order chi connectivity index (χ1) is 15.0. The molecule has 4 aromatic rings. The van der Waals surface area contributed by atoms with Crippen molar-refractivity contribution in [2.24, 2.45) is 0 Å². The Balaban J connectivity index is 1.72. The van der Waals surface area contributed by atoms with Crippen LogP contribution in [0.2, 0.25) is 0 Å². The molecule has 1 aromatic heterocycles. The van der Waals surface area contributed by atoms with Gasteiger partial charge in [-0.3, -0.25) is 4.79 Å². The van der Waals surface area contributed by atoms with Crippen molar-refractivity contribution in [3.8, 4) is 34.0 Å². The summed E-state index contributed by atoms with van der Waals surface area (Å²) < 4.78 is 7.75. The first-order valence-electron chi connectivity index (χ1n) is 9.68. The van der Waals surface area contributed by atoms with Crippen LogP contribution in [0.5, 0.6) is 11.5 Å². The molecule has 0 radical (unpaired) electrons. The Morgan fingerprint density at radius 1 is 1.06 bits per heavy atom. The topological polar surface area (TPSA) is 76.4 Å². The molecule has 7 heteroatoms. The second-order valence-electron chi connectivity index (χ2n) is 7.23.